The third kappa shape index (κ3) is 7.65. The summed E-state index contributed by atoms with van der Waals surface area (Å²) in [6.45, 7) is 17.1. The maximum absolute atomic E-state index is 13.6. The number of anilines is 1. The SMILES string of the molecule is COc1c(CN2CCc3cc(-c4c(C)nc(C)c(C(OC(C)(C)C)C(=O)O)c4N4CCC(C)(C)CC4)ccc3C2)cccc1C(F)(F)F. The molecular weight excluding hydrogens is 619 g/mol. The summed E-state index contributed by atoms with van der Waals surface area (Å²) >= 11 is 0. The average molecular weight is 668 g/mol. The van der Waals surface area contributed by atoms with Gasteiger partial charge in [0.05, 0.1) is 24.0 Å². The molecule has 3 heterocycles. The molecule has 1 saturated heterocycles. The van der Waals surface area contributed by atoms with Crippen molar-refractivity contribution >= 4 is 11.7 Å². The third-order valence-electron chi connectivity index (χ3n) is 9.56. The minimum absolute atomic E-state index is 0.131. The molecule has 0 radical (unpaired) electrons. The number of pyridine rings is 1. The van der Waals surface area contributed by atoms with Crippen LogP contribution in [-0.4, -0.2) is 53.3 Å². The Bertz CT molecular complexity index is 1670. The summed E-state index contributed by atoms with van der Waals surface area (Å²) in [6.07, 6.45) is -3.03. The van der Waals surface area contributed by atoms with Crippen LogP contribution in [-0.2, 0) is 35.2 Å². The van der Waals surface area contributed by atoms with Gasteiger partial charge in [-0.1, -0.05) is 44.2 Å². The molecule has 1 unspecified atom stereocenters. The summed E-state index contributed by atoms with van der Waals surface area (Å²) in [5.41, 5.74) is 6.32. The molecular formula is C38H48F3N3O4. The first kappa shape index (κ1) is 35.7. The number of para-hydroxylation sites is 1. The highest BCUT2D eigenvalue weighted by molar-refractivity contribution is 5.88. The lowest BCUT2D eigenvalue weighted by atomic mass is 9.81. The lowest BCUT2D eigenvalue weighted by Gasteiger charge is -2.41. The van der Waals surface area contributed by atoms with Gasteiger partial charge in [-0.2, -0.15) is 13.2 Å². The lowest BCUT2D eigenvalue weighted by Crippen LogP contribution is -2.39. The van der Waals surface area contributed by atoms with Crippen LogP contribution in [0.2, 0.25) is 0 Å². The van der Waals surface area contributed by atoms with Crippen molar-refractivity contribution < 1.29 is 32.5 Å². The lowest BCUT2D eigenvalue weighted by molar-refractivity contribution is -0.160. The van der Waals surface area contributed by atoms with E-state index in [1.165, 1.54) is 13.2 Å². The Morgan fingerprint density at radius 3 is 2.31 bits per heavy atom. The van der Waals surface area contributed by atoms with Crippen molar-refractivity contribution in [3.63, 3.8) is 0 Å². The standard InChI is InChI=1S/C38H48F3N3O4/c1-23-30(32(44-18-15-37(6,7)16-19-44)31(24(2)42-23)34(35(45)46)48-36(3,4)5)26-12-13-27-21-43(17-14-25(27)20-26)22-28-10-9-11-29(33(28)47-8)38(39,40)41/h9-13,20,34H,14-19,21-22H2,1-8H3,(H,45,46). The van der Waals surface area contributed by atoms with Crippen LogP contribution in [0, 0.1) is 19.3 Å². The zero-order valence-corrected chi connectivity index (χ0v) is 29.3. The number of rotatable bonds is 8. The summed E-state index contributed by atoms with van der Waals surface area (Å²) in [5.74, 6) is -1.18. The number of aliphatic carboxylic acids is 1. The first-order valence-electron chi connectivity index (χ1n) is 16.6. The number of hydrogen-bond acceptors (Lipinski definition) is 6. The molecule has 10 heteroatoms. The molecule has 3 aromatic rings. The predicted molar refractivity (Wildman–Crippen MR) is 181 cm³/mol. The number of piperidine rings is 1. The summed E-state index contributed by atoms with van der Waals surface area (Å²) in [6, 6.07) is 10.5. The number of halogens is 3. The van der Waals surface area contributed by atoms with E-state index in [1.54, 1.807) is 6.07 Å². The number of nitrogens with zero attached hydrogens (tertiary/aromatic N) is 3. The molecule has 0 amide bonds. The highest BCUT2D eigenvalue weighted by atomic mass is 19.4. The second-order valence-electron chi connectivity index (χ2n) is 15.0. The van der Waals surface area contributed by atoms with Gasteiger partial charge in [-0.3, -0.25) is 9.88 Å². The van der Waals surface area contributed by atoms with Crippen LogP contribution in [0.25, 0.3) is 11.1 Å². The molecule has 0 bridgehead atoms. The normalized spacial score (nSPS) is 17.6. The zero-order valence-electron chi connectivity index (χ0n) is 29.3. The Kier molecular flexibility index (Phi) is 9.92. The number of hydrogen-bond donors (Lipinski definition) is 1. The second-order valence-corrected chi connectivity index (χ2v) is 15.0. The van der Waals surface area contributed by atoms with Crippen LogP contribution < -0.4 is 9.64 Å². The van der Waals surface area contributed by atoms with E-state index >= 15 is 0 Å². The highest BCUT2D eigenvalue weighted by Crippen LogP contribution is 2.45. The maximum Gasteiger partial charge on any atom is 0.419 e. The molecule has 7 nitrogen and oxygen atoms in total. The maximum atomic E-state index is 13.6. The van der Waals surface area contributed by atoms with Crippen molar-refractivity contribution in [2.75, 3.05) is 31.6 Å². The summed E-state index contributed by atoms with van der Waals surface area (Å²) in [7, 11) is 1.28. The number of ether oxygens (including phenoxy) is 2. The fraction of sp³-hybridized carbons (Fsp3) is 0.526. The molecule has 2 aromatic carbocycles. The molecule has 0 spiro atoms. The van der Waals surface area contributed by atoms with Gasteiger partial charge in [0.25, 0.3) is 0 Å². The van der Waals surface area contributed by atoms with E-state index in [1.807, 2.05) is 34.6 Å². The Morgan fingerprint density at radius 2 is 1.71 bits per heavy atom. The number of fused-ring (bicyclic) bond motifs is 1. The summed E-state index contributed by atoms with van der Waals surface area (Å²) in [5, 5.41) is 10.5. The fourth-order valence-corrected chi connectivity index (χ4v) is 7.07. The molecule has 1 aromatic heterocycles. The molecule has 0 saturated carbocycles. The second kappa shape index (κ2) is 13.3. The van der Waals surface area contributed by atoms with Gasteiger partial charge in [-0.25, -0.2) is 4.79 Å². The van der Waals surface area contributed by atoms with Crippen molar-refractivity contribution in [3.05, 3.63) is 75.6 Å². The molecule has 0 aliphatic carbocycles. The van der Waals surface area contributed by atoms with Crippen LogP contribution in [0.15, 0.2) is 36.4 Å². The molecule has 1 fully saturated rings. The Morgan fingerprint density at radius 1 is 1.02 bits per heavy atom. The quantitative estimate of drug-likeness (QED) is 0.258. The predicted octanol–water partition coefficient (Wildman–Crippen LogP) is 8.52. The van der Waals surface area contributed by atoms with Crippen molar-refractivity contribution in [2.24, 2.45) is 5.41 Å². The Balaban J connectivity index is 1.54. The first-order valence-corrected chi connectivity index (χ1v) is 16.6. The smallest absolute Gasteiger partial charge is 0.419 e. The highest BCUT2D eigenvalue weighted by Gasteiger charge is 2.37. The summed E-state index contributed by atoms with van der Waals surface area (Å²) in [4.78, 5) is 22.2. The molecule has 1 N–H and O–H groups in total. The van der Waals surface area contributed by atoms with Gasteiger partial charge in [-0.15, -0.1) is 0 Å². The molecule has 48 heavy (non-hydrogen) atoms. The van der Waals surface area contributed by atoms with E-state index in [4.69, 9.17) is 14.5 Å². The van der Waals surface area contributed by atoms with Crippen molar-refractivity contribution in [1.29, 1.82) is 0 Å². The topological polar surface area (TPSA) is 75.1 Å². The van der Waals surface area contributed by atoms with Crippen LogP contribution >= 0.6 is 0 Å². The number of methoxy groups -OCH3 is 1. The number of benzene rings is 2. The molecule has 2 aliphatic rings. The largest absolute Gasteiger partial charge is 0.496 e. The van der Waals surface area contributed by atoms with Crippen LogP contribution in [0.3, 0.4) is 0 Å². The van der Waals surface area contributed by atoms with Gasteiger partial charge in [0.15, 0.2) is 6.10 Å². The monoisotopic (exact) mass is 667 g/mol. The average Bonchev–Trinajstić information content (AvgIpc) is 2.98. The molecule has 1 atom stereocenters. The van der Waals surface area contributed by atoms with Gasteiger partial charge in [0.1, 0.15) is 5.75 Å². The Hall–Kier alpha value is -3.63. The van der Waals surface area contributed by atoms with Crippen LogP contribution in [0.1, 0.15) is 92.8 Å². The zero-order chi connectivity index (χ0) is 35.2. The van der Waals surface area contributed by atoms with Gasteiger partial charge in [0.2, 0.25) is 0 Å². The van der Waals surface area contributed by atoms with Crippen molar-refractivity contribution in [2.45, 2.75) is 98.7 Å². The number of aryl methyl sites for hydroxylation is 2. The van der Waals surface area contributed by atoms with E-state index in [2.05, 4.69) is 41.8 Å². The van der Waals surface area contributed by atoms with E-state index < -0.39 is 29.4 Å². The van der Waals surface area contributed by atoms with Gasteiger partial charge >= 0.3 is 12.1 Å². The molecule has 260 valence electrons. The van der Waals surface area contributed by atoms with Gasteiger partial charge in [0, 0.05) is 60.8 Å². The third-order valence-corrected chi connectivity index (χ3v) is 9.56. The van der Waals surface area contributed by atoms with Crippen LogP contribution in [0.5, 0.6) is 5.75 Å². The van der Waals surface area contributed by atoms with Crippen molar-refractivity contribution in [1.82, 2.24) is 9.88 Å². The minimum Gasteiger partial charge on any atom is -0.496 e. The van der Waals surface area contributed by atoms with E-state index in [9.17, 15) is 23.1 Å². The van der Waals surface area contributed by atoms with E-state index in [-0.39, 0.29) is 11.2 Å². The number of carboxylic acids is 1. The number of aromatic nitrogens is 1. The summed E-state index contributed by atoms with van der Waals surface area (Å²) < 4.78 is 52.4. The van der Waals surface area contributed by atoms with E-state index in [0.717, 1.165) is 65.6 Å². The van der Waals surface area contributed by atoms with E-state index in [0.29, 0.717) is 42.9 Å². The number of carbonyl (C=O) groups is 1. The first-order chi connectivity index (χ1) is 22.4. The minimum atomic E-state index is -4.50. The molecule has 2 aliphatic heterocycles. The van der Waals surface area contributed by atoms with Gasteiger partial charge < -0.3 is 19.5 Å². The Labute approximate surface area is 282 Å². The molecule has 5 rings (SSSR count). The van der Waals surface area contributed by atoms with Crippen LogP contribution in [0.4, 0.5) is 18.9 Å². The van der Waals surface area contributed by atoms with Crippen molar-refractivity contribution in [3.8, 4) is 16.9 Å². The number of carboxylic acid groups (broad SMARTS) is 1. The fourth-order valence-electron chi connectivity index (χ4n) is 7.07. The van der Waals surface area contributed by atoms with Gasteiger partial charge in [-0.05, 0) is 82.1 Å². The number of alkyl halides is 3.